The molecule has 0 fully saturated rings. The van der Waals surface area contributed by atoms with Gasteiger partial charge in [0.2, 0.25) is 0 Å². The summed E-state index contributed by atoms with van der Waals surface area (Å²) >= 11 is 7.73. The number of nitrogens with two attached hydrogens (primary N) is 1. The fourth-order valence-electron chi connectivity index (χ4n) is 2.24. The van der Waals surface area contributed by atoms with E-state index >= 15 is 0 Å². The summed E-state index contributed by atoms with van der Waals surface area (Å²) in [6, 6.07) is 13.9. The van der Waals surface area contributed by atoms with Crippen LogP contribution in [-0.4, -0.2) is 4.98 Å². The van der Waals surface area contributed by atoms with E-state index in [1.807, 2.05) is 30.3 Å². The molecule has 1 heterocycles. The van der Waals surface area contributed by atoms with Crippen molar-refractivity contribution in [2.75, 3.05) is 5.73 Å². The number of hydrogen-bond acceptors (Lipinski definition) is 3. The Balaban J connectivity index is 1.83. The largest absolute Gasteiger partial charge is 0.399 e. The molecule has 0 bridgehead atoms. The summed E-state index contributed by atoms with van der Waals surface area (Å²) in [5.74, 6) is 0.423. The highest BCUT2D eigenvalue weighted by Gasteiger charge is 2.11. The normalized spacial score (nSPS) is 12.7. The monoisotopic (exact) mass is 302 g/mol. The van der Waals surface area contributed by atoms with E-state index in [0.717, 1.165) is 27.7 Å². The molecule has 2 N–H and O–H groups in total. The van der Waals surface area contributed by atoms with Gasteiger partial charge in [-0.25, -0.2) is 4.98 Å². The van der Waals surface area contributed by atoms with Gasteiger partial charge in [-0.2, -0.15) is 0 Å². The molecule has 4 heteroatoms. The molecular formula is C16H15ClN2S. The van der Waals surface area contributed by atoms with Crippen LogP contribution in [0.2, 0.25) is 5.02 Å². The lowest BCUT2D eigenvalue weighted by Gasteiger charge is -2.10. The second-order valence-electron chi connectivity index (χ2n) is 4.99. The van der Waals surface area contributed by atoms with Crippen LogP contribution in [0.15, 0.2) is 42.5 Å². The Bertz CT molecular complexity index is 734. The van der Waals surface area contributed by atoms with E-state index in [9.17, 15) is 0 Å². The molecule has 0 saturated heterocycles. The van der Waals surface area contributed by atoms with Crippen LogP contribution in [0.5, 0.6) is 0 Å². The second kappa shape index (κ2) is 5.43. The summed E-state index contributed by atoms with van der Waals surface area (Å²) in [4.78, 5) is 4.67. The molecule has 2 nitrogen and oxygen atoms in total. The average Bonchev–Trinajstić information content (AvgIpc) is 2.80. The van der Waals surface area contributed by atoms with Gasteiger partial charge in [-0.05, 0) is 41.8 Å². The number of fused-ring (bicyclic) bond motifs is 1. The lowest BCUT2D eigenvalue weighted by atomic mass is 9.98. The Morgan fingerprint density at radius 2 is 1.95 bits per heavy atom. The van der Waals surface area contributed by atoms with E-state index in [0.29, 0.717) is 5.92 Å². The van der Waals surface area contributed by atoms with Gasteiger partial charge in [0, 0.05) is 17.1 Å². The highest BCUT2D eigenvalue weighted by molar-refractivity contribution is 7.18. The van der Waals surface area contributed by atoms with E-state index in [2.05, 4.69) is 24.0 Å². The number of rotatable bonds is 3. The fraction of sp³-hybridized carbons (Fsp3) is 0.188. The molecule has 0 aliphatic rings. The molecule has 3 rings (SSSR count). The van der Waals surface area contributed by atoms with Crippen molar-refractivity contribution >= 4 is 38.8 Å². The first-order chi connectivity index (χ1) is 9.61. The predicted molar refractivity (Wildman–Crippen MR) is 87.6 cm³/mol. The second-order valence-corrected chi connectivity index (χ2v) is 6.54. The topological polar surface area (TPSA) is 38.9 Å². The summed E-state index contributed by atoms with van der Waals surface area (Å²) in [7, 11) is 0. The Labute approximate surface area is 127 Å². The molecule has 1 unspecified atom stereocenters. The van der Waals surface area contributed by atoms with Crippen molar-refractivity contribution in [2.24, 2.45) is 0 Å². The average molecular weight is 303 g/mol. The van der Waals surface area contributed by atoms with Crippen molar-refractivity contribution in [3.8, 4) is 0 Å². The van der Waals surface area contributed by atoms with Gasteiger partial charge >= 0.3 is 0 Å². The van der Waals surface area contributed by atoms with Gasteiger partial charge < -0.3 is 5.73 Å². The molecule has 1 atom stereocenters. The third kappa shape index (κ3) is 2.79. The standard InChI is InChI=1S/C16H15ClN2S/c1-10(11-2-5-13(18)6-3-11)8-16-19-14-9-12(17)4-7-15(14)20-16/h2-7,9-10H,8,18H2,1H3. The third-order valence-corrected chi connectivity index (χ3v) is 4.67. The number of halogens is 1. The lowest BCUT2D eigenvalue weighted by molar-refractivity contribution is 0.756. The number of thiazole rings is 1. The van der Waals surface area contributed by atoms with Crippen molar-refractivity contribution in [1.82, 2.24) is 4.98 Å². The van der Waals surface area contributed by atoms with Crippen LogP contribution in [-0.2, 0) is 6.42 Å². The first-order valence-corrected chi connectivity index (χ1v) is 7.71. The zero-order chi connectivity index (χ0) is 14.1. The van der Waals surface area contributed by atoms with Gasteiger partial charge in [0.05, 0.1) is 15.2 Å². The van der Waals surface area contributed by atoms with E-state index in [4.69, 9.17) is 17.3 Å². The fourth-order valence-corrected chi connectivity index (χ4v) is 3.48. The van der Waals surface area contributed by atoms with E-state index in [-0.39, 0.29) is 0 Å². The molecule has 1 aromatic heterocycles. The molecular weight excluding hydrogens is 288 g/mol. The highest BCUT2D eigenvalue weighted by Crippen LogP contribution is 2.29. The van der Waals surface area contributed by atoms with Crippen LogP contribution in [0.1, 0.15) is 23.4 Å². The van der Waals surface area contributed by atoms with E-state index in [1.54, 1.807) is 11.3 Å². The molecule has 0 aliphatic carbocycles. The van der Waals surface area contributed by atoms with E-state index in [1.165, 1.54) is 10.3 Å². The van der Waals surface area contributed by atoms with Gasteiger partial charge in [-0.15, -0.1) is 11.3 Å². The Morgan fingerprint density at radius 1 is 1.20 bits per heavy atom. The van der Waals surface area contributed by atoms with Crippen LogP contribution in [0.3, 0.4) is 0 Å². The number of nitrogens with zero attached hydrogens (tertiary/aromatic N) is 1. The van der Waals surface area contributed by atoms with Crippen molar-refractivity contribution in [2.45, 2.75) is 19.3 Å². The maximum absolute atomic E-state index is 6.00. The molecule has 3 aromatic rings. The Hall–Kier alpha value is -1.58. The quantitative estimate of drug-likeness (QED) is 0.700. The molecule has 102 valence electrons. The van der Waals surface area contributed by atoms with Gasteiger partial charge in [-0.1, -0.05) is 30.7 Å². The Kier molecular flexibility index (Phi) is 3.64. The van der Waals surface area contributed by atoms with Crippen molar-refractivity contribution in [1.29, 1.82) is 0 Å². The maximum Gasteiger partial charge on any atom is 0.0944 e. The molecule has 0 saturated carbocycles. The highest BCUT2D eigenvalue weighted by atomic mass is 35.5. The predicted octanol–water partition coefficient (Wildman–Crippen LogP) is 4.88. The molecule has 0 amide bonds. The summed E-state index contributed by atoms with van der Waals surface area (Å²) < 4.78 is 1.19. The number of anilines is 1. The van der Waals surface area contributed by atoms with Gasteiger partial charge in [0.15, 0.2) is 0 Å². The number of benzene rings is 2. The maximum atomic E-state index is 6.00. The lowest BCUT2D eigenvalue weighted by Crippen LogP contribution is -1.98. The summed E-state index contributed by atoms with van der Waals surface area (Å²) in [5, 5.41) is 1.88. The minimum absolute atomic E-state index is 0.423. The molecule has 0 aliphatic heterocycles. The molecule has 0 spiro atoms. The van der Waals surface area contributed by atoms with Crippen LogP contribution < -0.4 is 5.73 Å². The smallest absolute Gasteiger partial charge is 0.0944 e. The molecule has 0 radical (unpaired) electrons. The summed E-state index contributed by atoms with van der Waals surface area (Å²) in [6.07, 6.45) is 0.931. The molecule has 20 heavy (non-hydrogen) atoms. The van der Waals surface area contributed by atoms with Crippen LogP contribution in [0, 0.1) is 0 Å². The zero-order valence-electron chi connectivity index (χ0n) is 11.1. The SMILES string of the molecule is CC(Cc1nc2cc(Cl)ccc2s1)c1ccc(N)cc1. The van der Waals surface area contributed by atoms with Gasteiger partial charge in [0.25, 0.3) is 0 Å². The van der Waals surface area contributed by atoms with Crippen molar-refractivity contribution in [3.63, 3.8) is 0 Å². The minimum atomic E-state index is 0.423. The van der Waals surface area contributed by atoms with Crippen LogP contribution >= 0.6 is 22.9 Å². The van der Waals surface area contributed by atoms with Gasteiger partial charge in [-0.3, -0.25) is 0 Å². The summed E-state index contributed by atoms with van der Waals surface area (Å²) in [6.45, 7) is 2.21. The third-order valence-electron chi connectivity index (χ3n) is 3.38. The first-order valence-electron chi connectivity index (χ1n) is 6.52. The van der Waals surface area contributed by atoms with E-state index < -0.39 is 0 Å². The molecule has 2 aromatic carbocycles. The minimum Gasteiger partial charge on any atom is -0.399 e. The zero-order valence-corrected chi connectivity index (χ0v) is 12.7. The summed E-state index contributed by atoms with van der Waals surface area (Å²) in [5.41, 5.74) is 8.80. The number of nitrogen functional groups attached to an aromatic ring is 1. The first kappa shape index (κ1) is 13.4. The van der Waals surface area contributed by atoms with Crippen LogP contribution in [0.4, 0.5) is 5.69 Å². The number of hydrogen-bond donors (Lipinski definition) is 1. The number of aromatic nitrogens is 1. The van der Waals surface area contributed by atoms with Crippen molar-refractivity contribution < 1.29 is 0 Å². The van der Waals surface area contributed by atoms with Gasteiger partial charge in [0.1, 0.15) is 0 Å². The van der Waals surface area contributed by atoms with Crippen molar-refractivity contribution in [3.05, 3.63) is 58.1 Å². The Morgan fingerprint density at radius 3 is 2.70 bits per heavy atom. The van der Waals surface area contributed by atoms with Crippen LogP contribution in [0.25, 0.3) is 10.2 Å².